The molecular formula is C25H30N4O4. The van der Waals surface area contributed by atoms with Crippen LogP contribution in [0.25, 0.3) is 10.9 Å². The van der Waals surface area contributed by atoms with Gasteiger partial charge in [-0.1, -0.05) is 0 Å². The van der Waals surface area contributed by atoms with Crippen molar-refractivity contribution >= 4 is 16.6 Å². The maximum Gasteiger partial charge on any atom is 0.230 e. The predicted octanol–water partition coefficient (Wildman–Crippen LogP) is 4.12. The third kappa shape index (κ3) is 4.75. The highest BCUT2D eigenvalue weighted by Gasteiger charge is 2.18. The van der Waals surface area contributed by atoms with E-state index >= 15 is 0 Å². The van der Waals surface area contributed by atoms with Gasteiger partial charge in [-0.15, -0.1) is 0 Å². The van der Waals surface area contributed by atoms with Crippen LogP contribution in [-0.2, 0) is 0 Å². The summed E-state index contributed by atoms with van der Waals surface area (Å²) in [6, 6.07) is 9.57. The van der Waals surface area contributed by atoms with E-state index in [0.717, 1.165) is 41.9 Å². The third-order valence-electron chi connectivity index (χ3n) is 6.20. The molecule has 0 spiro atoms. The second-order valence-electron chi connectivity index (χ2n) is 8.45. The number of anilines is 1. The van der Waals surface area contributed by atoms with E-state index in [9.17, 15) is 0 Å². The van der Waals surface area contributed by atoms with E-state index < -0.39 is 0 Å². The Balaban J connectivity index is 1.34. The van der Waals surface area contributed by atoms with Gasteiger partial charge in [-0.25, -0.2) is 9.97 Å². The Hall–Kier alpha value is -3.26. The fourth-order valence-electron chi connectivity index (χ4n) is 4.38. The van der Waals surface area contributed by atoms with Crippen LogP contribution in [0.4, 0.5) is 5.69 Å². The van der Waals surface area contributed by atoms with E-state index in [4.69, 9.17) is 18.9 Å². The number of aromatic nitrogens is 2. The van der Waals surface area contributed by atoms with Crippen molar-refractivity contribution in [3.63, 3.8) is 0 Å². The topological polar surface area (TPSA) is 69.2 Å². The summed E-state index contributed by atoms with van der Waals surface area (Å²) < 4.78 is 23.6. The second kappa shape index (κ2) is 9.70. The molecule has 1 saturated heterocycles. The third-order valence-corrected chi connectivity index (χ3v) is 6.20. The van der Waals surface area contributed by atoms with Gasteiger partial charge in [0.25, 0.3) is 0 Å². The molecule has 0 atom stereocenters. The normalized spacial score (nSPS) is 15.9. The van der Waals surface area contributed by atoms with E-state index in [-0.39, 0.29) is 0 Å². The minimum atomic E-state index is 0.471. The van der Waals surface area contributed by atoms with Gasteiger partial charge in [-0.2, -0.15) is 0 Å². The van der Waals surface area contributed by atoms with Gasteiger partial charge in [0, 0.05) is 25.7 Å². The van der Waals surface area contributed by atoms with Crippen LogP contribution in [0.5, 0.6) is 28.9 Å². The molecular weight excluding hydrogens is 420 g/mol. The lowest BCUT2D eigenvalue weighted by atomic mass is 10.2. The number of benzene rings is 2. The summed E-state index contributed by atoms with van der Waals surface area (Å²) in [6.07, 6.45) is 5.10. The summed E-state index contributed by atoms with van der Waals surface area (Å²) in [6.45, 7) is 5.63. The number of nitrogens with zero attached hydrogens (tertiary/aromatic N) is 4. The Morgan fingerprint density at radius 2 is 1.91 bits per heavy atom. The van der Waals surface area contributed by atoms with Gasteiger partial charge in [0.05, 0.1) is 36.9 Å². The van der Waals surface area contributed by atoms with Gasteiger partial charge in [-0.3, -0.25) is 0 Å². The quantitative estimate of drug-likeness (QED) is 0.475. The zero-order valence-electron chi connectivity index (χ0n) is 19.2. The Kier molecular flexibility index (Phi) is 6.35. The lowest BCUT2D eigenvalue weighted by Gasteiger charge is -2.27. The van der Waals surface area contributed by atoms with Crippen molar-refractivity contribution in [2.45, 2.75) is 19.3 Å². The summed E-state index contributed by atoms with van der Waals surface area (Å²) in [5, 5.41) is 0.765. The molecule has 0 unspecified atom stereocenters. The molecule has 3 heterocycles. The smallest absolute Gasteiger partial charge is 0.230 e. The monoisotopic (exact) mass is 450 g/mol. The number of hydrogen-bond donors (Lipinski definition) is 0. The number of likely N-dealkylation sites (N-methyl/N-ethyl adjacent to an activating group) is 1. The molecule has 0 bridgehead atoms. The summed E-state index contributed by atoms with van der Waals surface area (Å²) in [5.74, 6) is 3.34. The predicted molar refractivity (Wildman–Crippen MR) is 127 cm³/mol. The van der Waals surface area contributed by atoms with Crippen molar-refractivity contribution in [2.75, 3.05) is 58.5 Å². The van der Waals surface area contributed by atoms with Gasteiger partial charge in [0.2, 0.25) is 5.88 Å². The Labute approximate surface area is 194 Å². The summed E-state index contributed by atoms with van der Waals surface area (Å²) >= 11 is 0. The molecule has 33 heavy (non-hydrogen) atoms. The molecule has 2 aromatic carbocycles. The zero-order chi connectivity index (χ0) is 22.6. The Bertz CT molecular complexity index is 1120. The standard InChI is InChI=1S/C25H30N4O4/c1-28-11-13-32-22-7-6-18(14-21(22)28)33-25-19-15-23(30-2)24(16-20(19)26-17-27-25)31-12-5-10-29-8-3-4-9-29/h6-7,14-17H,3-5,8-13H2,1-2H3. The van der Waals surface area contributed by atoms with Crippen LogP contribution in [0.1, 0.15) is 19.3 Å². The zero-order valence-corrected chi connectivity index (χ0v) is 19.2. The van der Waals surface area contributed by atoms with Gasteiger partial charge < -0.3 is 28.7 Å². The molecule has 8 heteroatoms. The van der Waals surface area contributed by atoms with Gasteiger partial charge in [0.15, 0.2) is 11.5 Å². The van der Waals surface area contributed by atoms with Gasteiger partial charge in [0.1, 0.15) is 24.4 Å². The molecule has 0 N–H and O–H groups in total. The Morgan fingerprint density at radius 3 is 2.76 bits per heavy atom. The van der Waals surface area contributed by atoms with E-state index in [1.165, 1.54) is 32.3 Å². The maximum atomic E-state index is 6.17. The molecule has 174 valence electrons. The van der Waals surface area contributed by atoms with E-state index in [1.807, 2.05) is 37.4 Å². The average Bonchev–Trinajstić information content (AvgIpc) is 3.36. The molecule has 0 radical (unpaired) electrons. The molecule has 1 aromatic heterocycles. The van der Waals surface area contributed by atoms with Gasteiger partial charge >= 0.3 is 0 Å². The first-order valence-electron chi connectivity index (χ1n) is 11.5. The van der Waals surface area contributed by atoms with E-state index in [2.05, 4.69) is 19.8 Å². The van der Waals surface area contributed by atoms with Crippen LogP contribution >= 0.6 is 0 Å². The highest BCUT2D eigenvalue weighted by molar-refractivity contribution is 5.87. The first kappa shape index (κ1) is 21.6. The van der Waals surface area contributed by atoms with Crippen LogP contribution < -0.4 is 23.8 Å². The van der Waals surface area contributed by atoms with E-state index in [0.29, 0.717) is 36.3 Å². The molecule has 2 aliphatic rings. The summed E-state index contributed by atoms with van der Waals surface area (Å²) in [5.41, 5.74) is 1.74. The number of likely N-dealkylation sites (tertiary alicyclic amines) is 1. The molecule has 0 amide bonds. The number of methoxy groups -OCH3 is 1. The van der Waals surface area contributed by atoms with E-state index in [1.54, 1.807) is 7.11 Å². The minimum Gasteiger partial charge on any atom is -0.493 e. The SMILES string of the molecule is COc1cc2c(Oc3ccc4c(c3)N(C)CCO4)ncnc2cc1OCCCN1CCCC1. The van der Waals surface area contributed by atoms with Crippen molar-refractivity contribution in [1.29, 1.82) is 0 Å². The highest BCUT2D eigenvalue weighted by Crippen LogP contribution is 2.38. The number of fused-ring (bicyclic) bond motifs is 2. The largest absolute Gasteiger partial charge is 0.493 e. The summed E-state index contributed by atoms with van der Waals surface area (Å²) in [7, 11) is 3.69. The van der Waals surface area contributed by atoms with Crippen molar-refractivity contribution in [2.24, 2.45) is 0 Å². The molecule has 0 saturated carbocycles. The molecule has 2 aliphatic heterocycles. The molecule has 8 nitrogen and oxygen atoms in total. The van der Waals surface area contributed by atoms with Crippen molar-refractivity contribution in [3.05, 3.63) is 36.7 Å². The number of ether oxygens (including phenoxy) is 4. The summed E-state index contributed by atoms with van der Waals surface area (Å²) in [4.78, 5) is 13.4. The first-order valence-corrected chi connectivity index (χ1v) is 11.5. The molecule has 3 aromatic rings. The first-order chi connectivity index (χ1) is 16.2. The van der Waals surface area contributed by atoms with Crippen molar-refractivity contribution in [3.8, 4) is 28.9 Å². The molecule has 0 aliphatic carbocycles. The average molecular weight is 451 g/mol. The van der Waals surface area contributed by atoms with Crippen LogP contribution in [0, 0.1) is 0 Å². The second-order valence-corrected chi connectivity index (χ2v) is 8.45. The number of rotatable bonds is 8. The minimum absolute atomic E-state index is 0.471. The van der Waals surface area contributed by atoms with Crippen molar-refractivity contribution in [1.82, 2.24) is 14.9 Å². The van der Waals surface area contributed by atoms with Gasteiger partial charge in [-0.05, 0) is 50.6 Å². The fourth-order valence-corrected chi connectivity index (χ4v) is 4.38. The fraction of sp³-hybridized carbons (Fsp3) is 0.440. The van der Waals surface area contributed by atoms with Crippen LogP contribution in [0.3, 0.4) is 0 Å². The Morgan fingerprint density at radius 1 is 1.03 bits per heavy atom. The van der Waals surface area contributed by atoms with Crippen LogP contribution in [0.15, 0.2) is 36.7 Å². The van der Waals surface area contributed by atoms with Crippen molar-refractivity contribution < 1.29 is 18.9 Å². The maximum absolute atomic E-state index is 6.17. The van der Waals surface area contributed by atoms with Crippen LogP contribution in [0.2, 0.25) is 0 Å². The number of hydrogen-bond acceptors (Lipinski definition) is 8. The lowest BCUT2D eigenvalue weighted by Crippen LogP contribution is -2.28. The molecule has 5 rings (SSSR count). The lowest BCUT2D eigenvalue weighted by molar-refractivity contribution is 0.254. The molecule has 1 fully saturated rings. The highest BCUT2D eigenvalue weighted by atomic mass is 16.5. The van der Waals surface area contributed by atoms with Crippen LogP contribution in [-0.4, -0.2) is 68.4 Å².